The summed E-state index contributed by atoms with van der Waals surface area (Å²) in [5, 5.41) is 5.67. The first-order chi connectivity index (χ1) is 15.8. The zero-order valence-electron chi connectivity index (χ0n) is 20.2. The van der Waals surface area contributed by atoms with Crippen molar-refractivity contribution in [3.8, 4) is 0 Å². The Morgan fingerprint density at radius 1 is 0.939 bits per heavy atom. The van der Waals surface area contributed by atoms with Gasteiger partial charge in [0.2, 0.25) is 11.8 Å². The van der Waals surface area contributed by atoms with Crippen LogP contribution in [0.4, 0.5) is 10.5 Å². The van der Waals surface area contributed by atoms with Gasteiger partial charge < -0.3 is 20.4 Å². The molecule has 0 radical (unpaired) electrons. The largest absolute Gasteiger partial charge is 0.339 e. The summed E-state index contributed by atoms with van der Waals surface area (Å²) in [5.41, 5.74) is 0.660. The number of anilines is 1. The average Bonchev–Trinajstić information content (AvgIpc) is 2.83. The SMILES string of the molecule is CCCCCCCC(=O)N1CCN(C(=O)C(NC(=O)Nc2ccc(Br)cc2)C(C)CC)CC1. The summed E-state index contributed by atoms with van der Waals surface area (Å²) in [6, 6.07) is 6.28. The summed E-state index contributed by atoms with van der Waals surface area (Å²) < 4.78 is 0.926. The van der Waals surface area contributed by atoms with Crippen LogP contribution in [0.2, 0.25) is 0 Å². The first kappa shape index (κ1) is 27.2. The molecular weight excluding hydrogens is 484 g/mol. The molecule has 2 unspecified atom stereocenters. The number of amides is 4. The molecule has 1 fully saturated rings. The van der Waals surface area contributed by atoms with Gasteiger partial charge in [0.25, 0.3) is 0 Å². The highest BCUT2D eigenvalue weighted by atomic mass is 79.9. The van der Waals surface area contributed by atoms with Crippen molar-refractivity contribution in [2.45, 2.75) is 71.8 Å². The van der Waals surface area contributed by atoms with Gasteiger partial charge in [0.1, 0.15) is 6.04 Å². The third-order valence-corrected chi connectivity index (χ3v) is 6.83. The number of nitrogens with one attached hydrogen (secondary N) is 2. The van der Waals surface area contributed by atoms with Crippen molar-refractivity contribution in [3.05, 3.63) is 28.7 Å². The lowest BCUT2D eigenvalue weighted by Crippen LogP contribution is -2.57. The molecule has 1 aliphatic heterocycles. The van der Waals surface area contributed by atoms with Crippen molar-refractivity contribution in [1.82, 2.24) is 15.1 Å². The number of carbonyl (C=O) groups is 3. The number of urea groups is 1. The van der Waals surface area contributed by atoms with Gasteiger partial charge in [-0.3, -0.25) is 9.59 Å². The van der Waals surface area contributed by atoms with E-state index in [4.69, 9.17) is 0 Å². The number of hydrogen-bond acceptors (Lipinski definition) is 3. The highest BCUT2D eigenvalue weighted by Crippen LogP contribution is 2.16. The minimum atomic E-state index is -0.605. The molecule has 2 rings (SSSR count). The maximum atomic E-state index is 13.3. The Bertz CT molecular complexity index is 763. The Hall–Kier alpha value is -2.09. The predicted molar refractivity (Wildman–Crippen MR) is 136 cm³/mol. The van der Waals surface area contributed by atoms with Gasteiger partial charge in [0.05, 0.1) is 0 Å². The molecule has 8 heteroatoms. The molecule has 0 bridgehead atoms. The van der Waals surface area contributed by atoms with Crippen molar-refractivity contribution in [2.75, 3.05) is 31.5 Å². The van der Waals surface area contributed by atoms with E-state index in [9.17, 15) is 14.4 Å². The predicted octanol–water partition coefficient (Wildman–Crippen LogP) is 5.02. The van der Waals surface area contributed by atoms with Crippen LogP contribution in [-0.4, -0.2) is 59.9 Å². The lowest BCUT2D eigenvalue weighted by Gasteiger charge is -2.37. The molecule has 0 aliphatic carbocycles. The number of halogens is 1. The van der Waals surface area contributed by atoms with Gasteiger partial charge in [0.15, 0.2) is 0 Å². The lowest BCUT2D eigenvalue weighted by molar-refractivity contribution is -0.141. The van der Waals surface area contributed by atoms with Gasteiger partial charge in [-0.15, -0.1) is 0 Å². The molecule has 184 valence electrons. The third-order valence-electron chi connectivity index (χ3n) is 6.31. The van der Waals surface area contributed by atoms with E-state index in [-0.39, 0.29) is 17.7 Å². The van der Waals surface area contributed by atoms with Gasteiger partial charge in [-0.05, 0) is 36.6 Å². The smallest absolute Gasteiger partial charge is 0.319 e. The van der Waals surface area contributed by atoms with Crippen LogP contribution in [0.3, 0.4) is 0 Å². The molecule has 1 aromatic rings. The summed E-state index contributed by atoms with van der Waals surface area (Å²) in [4.78, 5) is 42.0. The van der Waals surface area contributed by atoms with E-state index in [0.29, 0.717) is 38.3 Å². The number of carbonyl (C=O) groups excluding carboxylic acids is 3. The molecule has 2 atom stereocenters. The second kappa shape index (κ2) is 14.2. The highest BCUT2D eigenvalue weighted by molar-refractivity contribution is 9.10. The number of nitrogens with zero attached hydrogens (tertiary/aromatic N) is 2. The molecule has 1 aromatic carbocycles. The standard InChI is InChI=1S/C25H39BrN4O3/c1-4-6-7-8-9-10-22(31)29-15-17-30(18-16-29)24(32)23(19(3)5-2)28-25(33)27-21-13-11-20(26)12-14-21/h11-14,19,23H,4-10,15-18H2,1-3H3,(H2,27,28,33). The van der Waals surface area contributed by atoms with E-state index in [1.807, 2.05) is 30.9 Å². The van der Waals surface area contributed by atoms with Gasteiger partial charge >= 0.3 is 6.03 Å². The van der Waals surface area contributed by atoms with E-state index in [1.54, 1.807) is 17.0 Å². The topological polar surface area (TPSA) is 81.8 Å². The average molecular weight is 524 g/mol. The van der Waals surface area contributed by atoms with Crippen LogP contribution >= 0.6 is 15.9 Å². The fourth-order valence-electron chi connectivity index (χ4n) is 3.94. The minimum Gasteiger partial charge on any atom is -0.339 e. The molecule has 33 heavy (non-hydrogen) atoms. The van der Waals surface area contributed by atoms with Crippen LogP contribution in [0, 0.1) is 5.92 Å². The molecule has 0 spiro atoms. The zero-order chi connectivity index (χ0) is 24.2. The molecule has 7 nitrogen and oxygen atoms in total. The van der Waals surface area contributed by atoms with Crippen molar-refractivity contribution in [1.29, 1.82) is 0 Å². The van der Waals surface area contributed by atoms with Crippen molar-refractivity contribution < 1.29 is 14.4 Å². The monoisotopic (exact) mass is 522 g/mol. The van der Waals surface area contributed by atoms with E-state index in [2.05, 4.69) is 33.5 Å². The number of rotatable bonds is 11. The second-order valence-corrected chi connectivity index (χ2v) is 9.75. The zero-order valence-corrected chi connectivity index (χ0v) is 21.8. The molecule has 4 amide bonds. The Morgan fingerprint density at radius 2 is 1.55 bits per heavy atom. The van der Waals surface area contributed by atoms with E-state index < -0.39 is 12.1 Å². The number of hydrogen-bond donors (Lipinski definition) is 2. The van der Waals surface area contributed by atoms with Crippen LogP contribution < -0.4 is 10.6 Å². The van der Waals surface area contributed by atoms with Gasteiger partial charge in [-0.25, -0.2) is 4.79 Å². The molecule has 1 saturated heterocycles. The van der Waals surface area contributed by atoms with Crippen molar-refractivity contribution >= 4 is 39.5 Å². The van der Waals surface area contributed by atoms with Crippen LogP contribution in [0.25, 0.3) is 0 Å². The Kier molecular flexibility index (Phi) is 11.7. The first-order valence-corrected chi connectivity index (χ1v) is 13.0. The maximum absolute atomic E-state index is 13.3. The van der Waals surface area contributed by atoms with Crippen LogP contribution in [0.1, 0.15) is 65.7 Å². The quantitative estimate of drug-likeness (QED) is 0.400. The minimum absolute atomic E-state index is 0.00375. The highest BCUT2D eigenvalue weighted by Gasteiger charge is 2.32. The summed E-state index contributed by atoms with van der Waals surface area (Å²) in [6.07, 6.45) is 7.00. The van der Waals surface area contributed by atoms with Gasteiger partial charge in [-0.1, -0.05) is 68.8 Å². The normalized spacial score (nSPS) is 15.6. The molecule has 0 aromatic heterocycles. The summed E-state index contributed by atoms with van der Waals surface area (Å²) >= 11 is 3.37. The third kappa shape index (κ3) is 8.99. The summed E-state index contributed by atoms with van der Waals surface area (Å²) in [7, 11) is 0. The second-order valence-electron chi connectivity index (χ2n) is 8.84. The molecule has 1 heterocycles. The summed E-state index contributed by atoms with van der Waals surface area (Å²) in [5.74, 6) is 0.0991. The van der Waals surface area contributed by atoms with Crippen LogP contribution in [-0.2, 0) is 9.59 Å². The fraction of sp³-hybridized carbons (Fsp3) is 0.640. The van der Waals surface area contributed by atoms with E-state index in [1.165, 1.54) is 19.3 Å². The first-order valence-electron chi connectivity index (χ1n) is 12.2. The number of unbranched alkanes of at least 4 members (excludes halogenated alkanes) is 4. The van der Waals surface area contributed by atoms with Crippen molar-refractivity contribution in [2.24, 2.45) is 5.92 Å². The van der Waals surface area contributed by atoms with Gasteiger partial charge in [0, 0.05) is 42.8 Å². The Morgan fingerprint density at radius 3 is 2.15 bits per heavy atom. The molecule has 0 saturated carbocycles. The Labute approximate surface area is 206 Å². The molecule has 2 N–H and O–H groups in total. The Balaban J connectivity index is 1.85. The van der Waals surface area contributed by atoms with E-state index in [0.717, 1.165) is 23.7 Å². The summed E-state index contributed by atoms with van der Waals surface area (Å²) in [6.45, 7) is 8.28. The van der Waals surface area contributed by atoms with Crippen molar-refractivity contribution in [3.63, 3.8) is 0 Å². The number of piperazine rings is 1. The molecule has 1 aliphatic rings. The fourth-order valence-corrected chi connectivity index (χ4v) is 4.20. The van der Waals surface area contributed by atoms with Crippen LogP contribution in [0.15, 0.2) is 28.7 Å². The lowest BCUT2D eigenvalue weighted by atomic mass is 9.97. The van der Waals surface area contributed by atoms with Gasteiger partial charge in [-0.2, -0.15) is 0 Å². The van der Waals surface area contributed by atoms with E-state index >= 15 is 0 Å². The molecular formula is C25H39BrN4O3. The maximum Gasteiger partial charge on any atom is 0.319 e. The van der Waals surface area contributed by atoms with Crippen LogP contribution in [0.5, 0.6) is 0 Å². The number of benzene rings is 1.